The van der Waals surface area contributed by atoms with Crippen LogP contribution in [0.2, 0.25) is 0 Å². The van der Waals surface area contributed by atoms with E-state index in [9.17, 15) is 4.79 Å². The molecule has 0 fully saturated rings. The van der Waals surface area contributed by atoms with E-state index in [1.807, 2.05) is 16.8 Å². The molecule has 4 nitrogen and oxygen atoms in total. The van der Waals surface area contributed by atoms with Gasteiger partial charge in [0.1, 0.15) is 6.26 Å². The van der Waals surface area contributed by atoms with Gasteiger partial charge in [-0.25, -0.2) is 0 Å². The number of aromatic nitrogens is 1. The van der Waals surface area contributed by atoms with E-state index in [2.05, 4.69) is 10.5 Å². The fraction of sp³-hybridized carbons (Fsp3) is 0.273. The summed E-state index contributed by atoms with van der Waals surface area (Å²) in [6.07, 6.45) is 5.08. The van der Waals surface area contributed by atoms with Gasteiger partial charge in [0.15, 0.2) is 0 Å². The lowest BCUT2D eigenvalue weighted by Crippen LogP contribution is -2.24. The third-order valence-electron chi connectivity index (χ3n) is 2.19. The minimum absolute atomic E-state index is 0.00781. The van der Waals surface area contributed by atoms with Gasteiger partial charge in [0.25, 0.3) is 5.91 Å². The molecule has 0 saturated carbocycles. The maximum atomic E-state index is 11.5. The number of hydrogen-bond acceptors (Lipinski definition) is 4. The van der Waals surface area contributed by atoms with E-state index in [0.717, 1.165) is 24.0 Å². The topological polar surface area (TPSA) is 55.1 Å². The van der Waals surface area contributed by atoms with E-state index < -0.39 is 0 Å². The third-order valence-corrected chi connectivity index (χ3v) is 2.88. The van der Waals surface area contributed by atoms with Crippen molar-refractivity contribution in [2.45, 2.75) is 12.8 Å². The van der Waals surface area contributed by atoms with Crippen LogP contribution in [0.5, 0.6) is 0 Å². The van der Waals surface area contributed by atoms with Crippen LogP contribution in [0.4, 0.5) is 0 Å². The number of nitrogens with zero attached hydrogens (tertiary/aromatic N) is 1. The molecule has 0 atom stereocenters. The molecule has 84 valence electrons. The summed E-state index contributed by atoms with van der Waals surface area (Å²) < 4.78 is 4.72. The normalized spacial score (nSPS) is 10.2. The second-order valence-electron chi connectivity index (χ2n) is 3.40. The Morgan fingerprint density at radius 2 is 2.50 bits per heavy atom. The zero-order valence-corrected chi connectivity index (χ0v) is 9.50. The molecule has 0 radical (unpaired) electrons. The predicted molar refractivity (Wildman–Crippen MR) is 61.5 cm³/mol. The quantitative estimate of drug-likeness (QED) is 0.809. The Morgan fingerprint density at radius 3 is 3.19 bits per heavy atom. The van der Waals surface area contributed by atoms with Gasteiger partial charge >= 0.3 is 0 Å². The Bertz CT molecular complexity index is 423. The van der Waals surface area contributed by atoms with Crippen LogP contribution in [0.1, 0.15) is 22.3 Å². The minimum Gasteiger partial charge on any atom is -0.364 e. The van der Waals surface area contributed by atoms with Crippen molar-refractivity contribution >= 4 is 17.2 Å². The molecule has 5 heteroatoms. The summed E-state index contributed by atoms with van der Waals surface area (Å²) in [5, 5.41) is 10.2. The first-order valence-electron chi connectivity index (χ1n) is 5.05. The lowest BCUT2D eigenvalue weighted by Gasteiger charge is -2.02. The van der Waals surface area contributed by atoms with Crippen LogP contribution in [-0.4, -0.2) is 17.6 Å². The van der Waals surface area contributed by atoms with Crippen molar-refractivity contribution < 1.29 is 9.32 Å². The van der Waals surface area contributed by atoms with Gasteiger partial charge in [-0.1, -0.05) is 5.16 Å². The number of amides is 1. The van der Waals surface area contributed by atoms with Gasteiger partial charge in [0, 0.05) is 23.1 Å². The van der Waals surface area contributed by atoms with Crippen LogP contribution >= 0.6 is 11.3 Å². The lowest BCUT2D eigenvalue weighted by molar-refractivity contribution is 0.0953. The van der Waals surface area contributed by atoms with Crippen LogP contribution in [0.3, 0.4) is 0 Å². The lowest BCUT2D eigenvalue weighted by atomic mass is 10.2. The molecule has 0 saturated heterocycles. The van der Waals surface area contributed by atoms with Gasteiger partial charge in [-0.2, -0.15) is 11.3 Å². The van der Waals surface area contributed by atoms with Crippen molar-refractivity contribution in [2.75, 3.05) is 6.54 Å². The second-order valence-corrected chi connectivity index (χ2v) is 4.18. The predicted octanol–water partition coefficient (Wildman–Crippen LogP) is 2.10. The minimum atomic E-state index is -0.00781. The highest BCUT2D eigenvalue weighted by molar-refractivity contribution is 7.08. The number of hydrogen-bond donors (Lipinski definition) is 1. The van der Waals surface area contributed by atoms with Crippen molar-refractivity contribution in [3.05, 3.63) is 40.4 Å². The number of aryl methyl sites for hydroxylation is 1. The molecule has 16 heavy (non-hydrogen) atoms. The first-order chi connectivity index (χ1) is 7.86. The molecule has 0 unspecified atom stereocenters. The summed E-state index contributed by atoms with van der Waals surface area (Å²) in [7, 11) is 0. The molecule has 0 aliphatic carbocycles. The fourth-order valence-corrected chi connectivity index (χ4v) is 1.98. The Kier molecular flexibility index (Phi) is 3.71. The molecule has 2 heterocycles. The van der Waals surface area contributed by atoms with E-state index in [1.165, 1.54) is 11.3 Å². The summed E-state index contributed by atoms with van der Waals surface area (Å²) in [5.74, 6) is -0.00781. The molecular formula is C11H12N2O2S. The molecule has 0 spiro atoms. The molecule has 2 aromatic heterocycles. The maximum Gasteiger partial charge on any atom is 0.252 e. The summed E-state index contributed by atoms with van der Waals surface area (Å²) in [6, 6.07) is 1.82. The first-order valence-corrected chi connectivity index (χ1v) is 5.99. The Morgan fingerprint density at radius 1 is 1.56 bits per heavy atom. The molecule has 0 aromatic carbocycles. The van der Waals surface area contributed by atoms with Crippen LogP contribution in [-0.2, 0) is 6.42 Å². The van der Waals surface area contributed by atoms with Crippen molar-refractivity contribution in [1.29, 1.82) is 0 Å². The summed E-state index contributed by atoms with van der Waals surface area (Å²) in [6.45, 7) is 0.667. The van der Waals surface area contributed by atoms with Crippen molar-refractivity contribution in [3.8, 4) is 0 Å². The molecule has 0 aliphatic heterocycles. The zero-order valence-electron chi connectivity index (χ0n) is 8.68. The van der Waals surface area contributed by atoms with Gasteiger partial charge < -0.3 is 9.84 Å². The van der Waals surface area contributed by atoms with E-state index in [1.54, 1.807) is 12.5 Å². The Balaban J connectivity index is 1.67. The molecule has 2 aromatic rings. The number of carbonyl (C=O) groups is 1. The van der Waals surface area contributed by atoms with Crippen LogP contribution in [0, 0.1) is 0 Å². The van der Waals surface area contributed by atoms with Crippen LogP contribution in [0.25, 0.3) is 0 Å². The highest BCUT2D eigenvalue weighted by atomic mass is 32.1. The standard InChI is InChI=1S/C11H12N2O2S/c14-11(10-3-5-16-8-10)12-4-1-2-9-6-13-15-7-9/h3,5-8H,1-2,4H2,(H,12,14). The van der Waals surface area contributed by atoms with Gasteiger partial charge in [-0.15, -0.1) is 0 Å². The zero-order chi connectivity index (χ0) is 11.2. The van der Waals surface area contributed by atoms with Crippen molar-refractivity contribution in [2.24, 2.45) is 0 Å². The van der Waals surface area contributed by atoms with Gasteiger partial charge in [0.05, 0.1) is 6.20 Å². The SMILES string of the molecule is O=C(NCCCc1cnoc1)c1ccsc1. The van der Waals surface area contributed by atoms with Gasteiger partial charge in [0.2, 0.25) is 0 Å². The van der Waals surface area contributed by atoms with E-state index in [4.69, 9.17) is 4.52 Å². The first kappa shape index (κ1) is 10.9. The molecular weight excluding hydrogens is 224 g/mol. The fourth-order valence-electron chi connectivity index (χ4n) is 1.34. The Hall–Kier alpha value is -1.62. The number of nitrogens with one attached hydrogen (secondary N) is 1. The summed E-state index contributed by atoms with van der Waals surface area (Å²) in [4.78, 5) is 11.5. The maximum absolute atomic E-state index is 11.5. The molecule has 0 aliphatic rings. The smallest absolute Gasteiger partial charge is 0.252 e. The number of carbonyl (C=O) groups excluding carboxylic acids is 1. The number of rotatable bonds is 5. The highest BCUT2D eigenvalue weighted by Crippen LogP contribution is 2.05. The monoisotopic (exact) mass is 236 g/mol. The molecule has 1 N–H and O–H groups in total. The Labute approximate surface area is 97.3 Å². The summed E-state index contributed by atoms with van der Waals surface area (Å²) in [5.41, 5.74) is 1.79. The van der Waals surface area contributed by atoms with E-state index >= 15 is 0 Å². The number of thiophene rings is 1. The largest absolute Gasteiger partial charge is 0.364 e. The highest BCUT2D eigenvalue weighted by Gasteiger charge is 2.04. The van der Waals surface area contributed by atoms with Crippen LogP contribution in [0.15, 0.2) is 33.8 Å². The van der Waals surface area contributed by atoms with Crippen molar-refractivity contribution in [1.82, 2.24) is 10.5 Å². The second kappa shape index (κ2) is 5.46. The molecule has 1 amide bonds. The average Bonchev–Trinajstić information content (AvgIpc) is 2.96. The average molecular weight is 236 g/mol. The van der Waals surface area contributed by atoms with Gasteiger partial charge in [-0.3, -0.25) is 4.79 Å². The van der Waals surface area contributed by atoms with Crippen molar-refractivity contribution in [3.63, 3.8) is 0 Å². The van der Waals surface area contributed by atoms with E-state index in [-0.39, 0.29) is 5.91 Å². The van der Waals surface area contributed by atoms with Gasteiger partial charge in [-0.05, 0) is 24.3 Å². The van der Waals surface area contributed by atoms with Crippen LogP contribution < -0.4 is 5.32 Å². The molecule has 0 bridgehead atoms. The molecule has 2 rings (SSSR count). The van der Waals surface area contributed by atoms with E-state index in [0.29, 0.717) is 6.54 Å². The summed E-state index contributed by atoms with van der Waals surface area (Å²) >= 11 is 1.52. The third kappa shape index (κ3) is 2.93.